The standard InChI is InChI=1S/C18H22N4O2/c1-3-9-18(2,19)17(24)22-15-6-4-5-13(12-15)16(23)21-14-7-10-20-11-8-14/h4-8,10-12H,3,9,19H2,1-2H3,(H,22,24)(H,20,21,23). The highest BCUT2D eigenvalue weighted by molar-refractivity contribution is 6.05. The fourth-order valence-electron chi connectivity index (χ4n) is 2.28. The molecule has 1 aromatic carbocycles. The van der Waals surface area contributed by atoms with Gasteiger partial charge in [-0.1, -0.05) is 19.4 Å². The Hall–Kier alpha value is -2.73. The Labute approximate surface area is 141 Å². The Kier molecular flexibility index (Phi) is 5.65. The Balaban J connectivity index is 2.08. The third-order valence-electron chi connectivity index (χ3n) is 3.61. The van der Waals surface area contributed by atoms with Gasteiger partial charge in [-0.05, 0) is 43.7 Å². The van der Waals surface area contributed by atoms with Crippen LogP contribution in [0.25, 0.3) is 0 Å². The summed E-state index contributed by atoms with van der Waals surface area (Å²) < 4.78 is 0. The summed E-state index contributed by atoms with van der Waals surface area (Å²) in [5.41, 5.74) is 6.72. The molecule has 0 aliphatic carbocycles. The summed E-state index contributed by atoms with van der Waals surface area (Å²) in [5, 5.41) is 5.55. The van der Waals surface area contributed by atoms with Crippen molar-refractivity contribution in [3.8, 4) is 0 Å². The largest absolute Gasteiger partial charge is 0.324 e. The number of aromatic nitrogens is 1. The predicted octanol–water partition coefficient (Wildman–Crippen LogP) is 2.79. The molecule has 0 saturated heterocycles. The second-order valence-electron chi connectivity index (χ2n) is 5.89. The van der Waals surface area contributed by atoms with Gasteiger partial charge in [-0.2, -0.15) is 0 Å². The van der Waals surface area contributed by atoms with E-state index in [1.165, 1.54) is 0 Å². The minimum absolute atomic E-state index is 0.263. The lowest BCUT2D eigenvalue weighted by molar-refractivity contribution is -0.120. The molecule has 0 aliphatic rings. The summed E-state index contributed by atoms with van der Waals surface area (Å²) in [6.07, 6.45) is 4.60. The van der Waals surface area contributed by atoms with Gasteiger partial charge in [0.1, 0.15) is 0 Å². The van der Waals surface area contributed by atoms with E-state index in [9.17, 15) is 9.59 Å². The molecule has 1 unspecified atom stereocenters. The minimum Gasteiger partial charge on any atom is -0.324 e. The minimum atomic E-state index is -0.940. The highest BCUT2D eigenvalue weighted by Crippen LogP contribution is 2.16. The summed E-state index contributed by atoms with van der Waals surface area (Å²) in [6, 6.07) is 10.1. The quantitative estimate of drug-likeness (QED) is 0.760. The maximum atomic E-state index is 12.3. The van der Waals surface area contributed by atoms with Crippen LogP contribution in [0.15, 0.2) is 48.8 Å². The molecule has 24 heavy (non-hydrogen) atoms. The molecule has 2 amide bonds. The molecule has 0 fully saturated rings. The Bertz CT molecular complexity index is 714. The maximum Gasteiger partial charge on any atom is 0.255 e. The molecule has 2 rings (SSSR count). The molecule has 126 valence electrons. The van der Waals surface area contributed by atoms with Crippen molar-refractivity contribution in [2.24, 2.45) is 5.73 Å². The lowest BCUT2D eigenvalue weighted by Gasteiger charge is -2.23. The van der Waals surface area contributed by atoms with E-state index < -0.39 is 5.54 Å². The number of nitrogens with two attached hydrogens (primary N) is 1. The summed E-state index contributed by atoms with van der Waals surface area (Å²) in [4.78, 5) is 28.4. The number of hydrogen-bond acceptors (Lipinski definition) is 4. The first-order valence-corrected chi connectivity index (χ1v) is 7.84. The zero-order chi connectivity index (χ0) is 17.6. The van der Waals surface area contributed by atoms with Gasteiger partial charge in [-0.15, -0.1) is 0 Å². The van der Waals surface area contributed by atoms with Gasteiger partial charge in [0, 0.05) is 29.3 Å². The Morgan fingerprint density at radius 2 is 1.83 bits per heavy atom. The number of carbonyl (C=O) groups is 2. The van der Waals surface area contributed by atoms with Crippen LogP contribution < -0.4 is 16.4 Å². The normalized spacial score (nSPS) is 13.0. The fourth-order valence-corrected chi connectivity index (χ4v) is 2.28. The van der Waals surface area contributed by atoms with Crippen molar-refractivity contribution >= 4 is 23.2 Å². The van der Waals surface area contributed by atoms with Gasteiger partial charge in [-0.3, -0.25) is 14.6 Å². The van der Waals surface area contributed by atoms with Crippen LogP contribution in [-0.4, -0.2) is 22.3 Å². The Morgan fingerprint density at radius 1 is 1.12 bits per heavy atom. The second-order valence-corrected chi connectivity index (χ2v) is 5.89. The lowest BCUT2D eigenvalue weighted by Crippen LogP contribution is -2.48. The van der Waals surface area contributed by atoms with Crippen LogP contribution in [0.3, 0.4) is 0 Å². The van der Waals surface area contributed by atoms with E-state index in [1.807, 2.05) is 6.92 Å². The maximum absolute atomic E-state index is 12.3. The molecular weight excluding hydrogens is 304 g/mol. The van der Waals surface area contributed by atoms with E-state index in [2.05, 4.69) is 15.6 Å². The van der Waals surface area contributed by atoms with E-state index in [0.29, 0.717) is 23.4 Å². The molecule has 0 spiro atoms. The molecule has 6 nitrogen and oxygen atoms in total. The molecule has 4 N–H and O–H groups in total. The summed E-state index contributed by atoms with van der Waals surface area (Å²) in [6.45, 7) is 3.67. The monoisotopic (exact) mass is 326 g/mol. The predicted molar refractivity (Wildman–Crippen MR) is 94.8 cm³/mol. The van der Waals surface area contributed by atoms with Gasteiger partial charge in [0.05, 0.1) is 5.54 Å². The smallest absolute Gasteiger partial charge is 0.255 e. The van der Waals surface area contributed by atoms with Crippen LogP contribution in [0.2, 0.25) is 0 Å². The molecule has 1 atom stereocenters. The van der Waals surface area contributed by atoms with Gasteiger partial charge in [-0.25, -0.2) is 0 Å². The van der Waals surface area contributed by atoms with Crippen LogP contribution >= 0.6 is 0 Å². The van der Waals surface area contributed by atoms with E-state index >= 15 is 0 Å². The van der Waals surface area contributed by atoms with Crippen molar-refractivity contribution in [1.82, 2.24) is 4.98 Å². The number of nitrogens with zero attached hydrogens (tertiary/aromatic N) is 1. The number of rotatable bonds is 6. The molecule has 2 aromatic rings. The van der Waals surface area contributed by atoms with Crippen molar-refractivity contribution in [3.05, 3.63) is 54.4 Å². The van der Waals surface area contributed by atoms with Crippen LogP contribution in [-0.2, 0) is 4.79 Å². The number of nitrogens with one attached hydrogen (secondary N) is 2. The molecule has 0 bridgehead atoms. The first-order chi connectivity index (χ1) is 11.4. The molecule has 6 heteroatoms. The first-order valence-electron chi connectivity index (χ1n) is 7.84. The zero-order valence-electron chi connectivity index (χ0n) is 13.9. The highest BCUT2D eigenvalue weighted by atomic mass is 16.2. The van der Waals surface area contributed by atoms with Crippen molar-refractivity contribution in [1.29, 1.82) is 0 Å². The van der Waals surface area contributed by atoms with Gasteiger partial charge < -0.3 is 16.4 Å². The number of anilines is 2. The summed E-state index contributed by atoms with van der Waals surface area (Å²) >= 11 is 0. The average Bonchev–Trinajstić information content (AvgIpc) is 2.56. The molecule has 0 aliphatic heterocycles. The van der Waals surface area contributed by atoms with Crippen molar-refractivity contribution in [2.45, 2.75) is 32.2 Å². The van der Waals surface area contributed by atoms with Crippen molar-refractivity contribution in [2.75, 3.05) is 10.6 Å². The third kappa shape index (κ3) is 4.63. The fraction of sp³-hybridized carbons (Fsp3) is 0.278. The zero-order valence-corrected chi connectivity index (χ0v) is 13.9. The van der Waals surface area contributed by atoms with E-state index in [-0.39, 0.29) is 11.8 Å². The number of carbonyl (C=O) groups excluding carboxylic acids is 2. The third-order valence-corrected chi connectivity index (χ3v) is 3.61. The average molecular weight is 326 g/mol. The SMILES string of the molecule is CCCC(C)(N)C(=O)Nc1cccc(C(=O)Nc2ccncc2)c1. The van der Waals surface area contributed by atoms with E-state index in [4.69, 9.17) is 5.73 Å². The first kappa shape index (κ1) is 17.6. The second kappa shape index (κ2) is 7.70. The molecule has 1 aromatic heterocycles. The van der Waals surface area contributed by atoms with Crippen LogP contribution in [0, 0.1) is 0 Å². The van der Waals surface area contributed by atoms with Crippen molar-refractivity contribution in [3.63, 3.8) is 0 Å². The highest BCUT2D eigenvalue weighted by Gasteiger charge is 2.27. The van der Waals surface area contributed by atoms with Crippen molar-refractivity contribution < 1.29 is 9.59 Å². The lowest BCUT2D eigenvalue weighted by atomic mass is 9.96. The Morgan fingerprint density at radius 3 is 2.50 bits per heavy atom. The van der Waals surface area contributed by atoms with Gasteiger partial charge in [0.25, 0.3) is 5.91 Å². The number of hydrogen-bond donors (Lipinski definition) is 3. The van der Waals surface area contributed by atoms with Crippen LogP contribution in [0.1, 0.15) is 37.0 Å². The van der Waals surface area contributed by atoms with E-state index in [1.54, 1.807) is 55.7 Å². The van der Waals surface area contributed by atoms with Gasteiger partial charge >= 0.3 is 0 Å². The number of pyridine rings is 1. The van der Waals surface area contributed by atoms with Crippen LogP contribution in [0.4, 0.5) is 11.4 Å². The molecule has 0 radical (unpaired) electrons. The van der Waals surface area contributed by atoms with Crippen LogP contribution in [0.5, 0.6) is 0 Å². The number of amides is 2. The molecule has 0 saturated carbocycles. The summed E-state index contributed by atoms with van der Waals surface area (Å²) in [5.74, 6) is -0.530. The number of benzene rings is 1. The van der Waals surface area contributed by atoms with E-state index in [0.717, 1.165) is 6.42 Å². The molecule has 1 heterocycles. The van der Waals surface area contributed by atoms with Gasteiger partial charge in [0.15, 0.2) is 0 Å². The summed E-state index contributed by atoms with van der Waals surface area (Å²) in [7, 11) is 0. The molecular formula is C18H22N4O2. The van der Waals surface area contributed by atoms with Gasteiger partial charge in [0.2, 0.25) is 5.91 Å². The topological polar surface area (TPSA) is 97.1 Å².